The van der Waals surface area contributed by atoms with Crippen molar-refractivity contribution in [1.82, 2.24) is 5.32 Å². The first kappa shape index (κ1) is 21.3. The molecule has 2 heterocycles. The number of nitrogens with one attached hydrogen (secondary N) is 1. The zero-order valence-corrected chi connectivity index (χ0v) is 17.9. The van der Waals surface area contributed by atoms with Crippen LogP contribution in [0.25, 0.3) is 0 Å². The number of halogens is 2. The van der Waals surface area contributed by atoms with Crippen LogP contribution in [-0.4, -0.2) is 30.8 Å². The maximum atomic E-state index is 13.5. The summed E-state index contributed by atoms with van der Waals surface area (Å²) in [6, 6.07) is 9.71. The lowest BCUT2D eigenvalue weighted by Gasteiger charge is -2.29. The number of amides is 3. The van der Waals surface area contributed by atoms with Crippen LogP contribution in [0.1, 0.15) is 30.9 Å². The van der Waals surface area contributed by atoms with Crippen LogP contribution >= 0.6 is 11.6 Å². The highest BCUT2D eigenvalue weighted by molar-refractivity contribution is 6.30. The van der Waals surface area contributed by atoms with Crippen molar-refractivity contribution in [2.75, 3.05) is 22.9 Å². The highest BCUT2D eigenvalue weighted by Crippen LogP contribution is 2.33. The topological polar surface area (TPSA) is 69.7 Å². The van der Waals surface area contributed by atoms with E-state index in [1.165, 1.54) is 12.1 Å². The molecule has 0 radical (unpaired) electrons. The number of hydrogen-bond donors (Lipinski definition) is 1. The van der Waals surface area contributed by atoms with Gasteiger partial charge in [-0.1, -0.05) is 11.6 Å². The molecule has 0 spiro atoms. The van der Waals surface area contributed by atoms with Crippen LogP contribution in [0.4, 0.5) is 15.8 Å². The monoisotopic (exact) mass is 443 g/mol. The van der Waals surface area contributed by atoms with Gasteiger partial charge < -0.3 is 15.1 Å². The lowest BCUT2D eigenvalue weighted by atomic mass is 10.0. The quantitative estimate of drug-likeness (QED) is 0.736. The summed E-state index contributed by atoms with van der Waals surface area (Å²) in [6.07, 6.45) is 2.12. The van der Waals surface area contributed by atoms with E-state index in [1.807, 2.05) is 18.2 Å². The van der Waals surface area contributed by atoms with Crippen molar-refractivity contribution in [1.29, 1.82) is 0 Å². The fraction of sp³-hybridized carbons (Fsp3) is 0.348. The molecule has 1 unspecified atom stereocenters. The third-order valence-electron chi connectivity index (χ3n) is 5.78. The summed E-state index contributed by atoms with van der Waals surface area (Å²) in [6.45, 7) is 2.79. The molecule has 0 aromatic heterocycles. The number of aryl methyl sites for hydroxylation is 1. The van der Waals surface area contributed by atoms with Crippen molar-refractivity contribution in [2.45, 2.75) is 32.7 Å². The van der Waals surface area contributed by atoms with Crippen LogP contribution in [0.2, 0.25) is 5.02 Å². The Bertz CT molecular complexity index is 1040. The van der Waals surface area contributed by atoms with Crippen molar-refractivity contribution in [3.05, 3.63) is 58.4 Å². The maximum Gasteiger partial charge on any atom is 0.239 e. The molecule has 162 valence electrons. The van der Waals surface area contributed by atoms with Crippen molar-refractivity contribution >= 4 is 40.7 Å². The van der Waals surface area contributed by atoms with Crippen LogP contribution < -0.4 is 15.1 Å². The van der Waals surface area contributed by atoms with E-state index in [1.54, 1.807) is 22.8 Å². The molecule has 1 atom stereocenters. The normalized spacial score (nSPS) is 18.2. The van der Waals surface area contributed by atoms with Crippen molar-refractivity contribution < 1.29 is 18.8 Å². The van der Waals surface area contributed by atoms with E-state index in [0.717, 1.165) is 29.8 Å². The zero-order valence-electron chi connectivity index (χ0n) is 17.2. The molecular formula is C23H23ClFN3O3. The van der Waals surface area contributed by atoms with Crippen molar-refractivity contribution in [3.63, 3.8) is 0 Å². The first-order chi connectivity index (χ1) is 14.8. The Labute approximate surface area is 185 Å². The summed E-state index contributed by atoms with van der Waals surface area (Å²) in [4.78, 5) is 40.8. The summed E-state index contributed by atoms with van der Waals surface area (Å²) in [5, 5.41) is 2.96. The summed E-state index contributed by atoms with van der Waals surface area (Å²) in [7, 11) is 0. The van der Waals surface area contributed by atoms with Crippen molar-refractivity contribution in [2.24, 2.45) is 5.92 Å². The molecule has 2 aromatic rings. The summed E-state index contributed by atoms with van der Waals surface area (Å²) < 4.78 is 13.5. The molecule has 4 rings (SSSR count). The van der Waals surface area contributed by atoms with Gasteiger partial charge in [-0.2, -0.15) is 0 Å². The molecule has 1 saturated heterocycles. The van der Waals surface area contributed by atoms with Crippen LogP contribution in [0, 0.1) is 11.7 Å². The molecule has 8 heteroatoms. The second-order valence-electron chi connectivity index (χ2n) is 7.91. The molecule has 2 aliphatic rings. The van der Waals surface area contributed by atoms with E-state index in [9.17, 15) is 18.8 Å². The molecule has 0 aliphatic carbocycles. The Morgan fingerprint density at radius 1 is 1.19 bits per heavy atom. The highest BCUT2D eigenvalue weighted by atomic mass is 35.5. The van der Waals surface area contributed by atoms with E-state index in [-0.39, 0.29) is 29.3 Å². The van der Waals surface area contributed by atoms with Gasteiger partial charge in [-0.25, -0.2) is 4.39 Å². The molecule has 0 bridgehead atoms. The number of nitrogens with zero attached hydrogens (tertiary/aromatic N) is 2. The molecular weight excluding hydrogens is 421 g/mol. The second-order valence-corrected chi connectivity index (χ2v) is 8.35. The molecule has 31 heavy (non-hydrogen) atoms. The summed E-state index contributed by atoms with van der Waals surface area (Å²) in [5.41, 5.74) is 3.19. The smallest absolute Gasteiger partial charge is 0.239 e. The summed E-state index contributed by atoms with van der Waals surface area (Å²) >= 11 is 5.84. The van der Waals surface area contributed by atoms with Gasteiger partial charge in [0.15, 0.2) is 0 Å². The first-order valence-electron chi connectivity index (χ1n) is 10.3. The van der Waals surface area contributed by atoms with Gasteiger partial charge in [0.25, 0.3) is 0 Å². The van der Waals surface area contributed by atoms with Gasteiger partial charge in [-0.05, 0) is 66.8 Å². The Morgan fingerprint density at radius 2 is 2.00 bits per heavy atom. The Kier molecular flexibility index (Phi) is 5.96. The third-order valence-corrected chi connectivity index (χ3v) is 6.00. The van der Waals surface area contributed by atoms with E-state index in [0.29, 0.717) is 25.1 Å². The Morgan fingerprint density at radius 3 is 2.74 bits per heavy atom. The molecule has 0 saturated carbocycles. The van der Waals surface area contributed by atoms with E-state index in [2.05, 4.69) is 5.32 Å². The molecule has 6 nitrogen and oxygen atoms in total. The van der Waals surface area contributed by atoms with Gasteiger partial charge in [0, 0.05) is 43.0 Å². The van der Waals surface area contributed by atoms with Crippen molar-refractivity contribution in [3.8, 4) is 0 Å². The average Bonchev–Trinajstić information content (AvgIpc) is 3.11. The minimum absolute atomic E-state index is 0.00210. The number of carbonyl (C=O) groups is 3. The van der Waals surface area contributed by atoms with E-state index >= 15 is 0 Å². The standard InChI is InChI=1S/C23H23ClFN3O3/c1-14(29)27-7-2-3-16-11-19(4-5-21(16)27)28-8-6-20(23(28)31)22(30)26-13-15-9-17(24)12-18(25)10-15/h4-5,9-12,20H,2-3,6-8,13H2,1H3,(H,26,30). The van der Waals surface area contributed by atoms with Gasteiger partial charge in [-0.3, -0.25) is 14.4 Å². The van der Waals surface area contributed by atoms with Crippen LogP contribution in [0.15, 0.2) is 36.4 Å². The number of hydrogen-bond acceptors (Lipinski definition) is 3. The number of anilines is 2. The van der Waals surface area contributed by atoms with Gasteiger partial charge in [0.05, 0.1) is 0 Å². The zero-order chi connectivity index (χ0) is 22.1. The predicted octanol–water partition coefficient (Wildman–Crippen LogP) is 3.45. The fourth-order valence-electron chi connectivity index (χ4n) is 4.28. The minimum atomic E-state index is -0.784. The summed E-state index contributed by atoms with van der Waals surface area (Å²) in [5.74, 6) is -1.89. The molecule has 2 aromatic carbocycles. The van der Waals surface area contributed by atoms with Gasteiger partial charge >= 0.3 is 0 Å². The fourth-order valence-corrected chi connectivity index (χ4v) is 4.53. The lowest BCUT2D eigenvalue weighted by Crippen LogP contribution is -2.37. The lowest BCUT2D eigenvalue weighted by molar-refractivity contribution is -0.132. The highest BCUT2D eigenvalue weighted by Gasteiger charge is 2.37. The number of carbonyl (C=O) groups excluding carboxylic acids is 3. The Balaban J connectivity index is 1.44. The van der Waals surface area contributed by atoms with Gasteiger partial charge in [-0.15, -0.1) is 0 Å². The third kappa shape index (κ3) is 4.42. The maximum absolute atomic E-state index is 13.5. The van der Waals surface area contributed by atoms with Crippen LogP contribution in [0.3, 0.4) is 0 Å². The van der Waals surface area contributed by atoms with E-state index < -0.39 is 11.7 Å². The van der Waals surface area contributed by atoms with Crippen LogP contribution in [0.5, 0.6) is 0 Å². The molecule has 1 fully saturated rings. The average molecular weight is 444 g/mol. The predicted molar refractivity (Wildman–Crippen MR) is 117 cm³/mol. The van der Waals surface area contributed by atoms with E-state index in [4.69, 9.17) is 11.6 Å². The largest absolute Gasteiger partial charge is 0.351 e. The minimum Gasteiger partial charge on any atom is -0.351 e. The molecule has 2 aliphatic heterocycles. The second kappa shape index (κ2) is 8.67. The van der Waals surface area contributed by atoms with Crippen LogP contribution in [-0.2, 0) is 27.3 Å². The Hall–Kier alpha value is -2.93. The number of benzene rings is 2. The van der Waals surface area contributed by atoms with Gasteiger partial charge in [0.2, 0.25) is 17.7 Å². The molecule has 3 amide bonds. The number of rotatable bonds is 4. The molecule has 1 N–H and O–H groups in total. The van der Waals surface area contributed by atoms with Gasteiger partial charge in [0.1, 0.15) is 11.7 Å². The SMILES string of the molecule is CC(=O)N1CCCc2cc(N3CCC(C(=O)NCc4cc(F)cc(Cl)c4)C3=O)ccc21. The first-order valence-corrected chi connectivity index (χ1v) is 10.7. The number of fused-ring (bicyclic) bond motifs is 1.